The predicted molar refractivity (Wildman–Crippen MR) is 83.2 cm³/mol. The van der Waals surface area contributed by atoms with Crippen LogP contribution < -0.4 is 10.6 Å². The van der Waals surface area contributed by atoms with Crippen LogP contribution in [0.3, 0.4) is 0 Å². The molecule has 0 fully saturated rings. The molecule has 3 nitrogen and oxygen atoms in total. The highest BCUT2D eigenvalue weighted by Crippen LogP contribution is 2.24. The van der Waals surface area contributed by atoms with E-state index in [1.807, 2.05) is 32.0 Å². The molecule has 1 atom stereocenters. The number of hydrogen-bond acceptors (Lipinski definition) is 2. The summed E-state index contributed by atoms with van der Waals surface area (Å²) in [4.78, 5) is 11.6. The third kappa shape index (κ3) is 5.25. The second-order valence-corrected chi connectivity index (χ2v) is 5.95. The fourth-order valence-electron chi connectivity index (χ4n) is 1.24. The van der Waals surface area contributed by atoms with E-state index in [4.69, 9.17) is 0 Å². The van der Waals surface area contributed by atoms with Crippen LogP contribution in [0, 0.1) is 3.57 Å². The third-order valence-electron chi connectivity index (χ3n) is 2.39. The van der Waals surface area contributed by atoms with Crippen LogP contribution >= 0.6 is 38.5 Å². The van der Waals surface area contributed by atoms with Crippen LogP contribution in [0.2, 0.25) is 0 Å². The van der Waals surface area contributed by atoms with Crippen LogP contribution in [0.25, 0.3) is 0 Å². The number of hydrogen-bond donors (Lipinski definition) is 2. The van der Waals surface area contributed by atoms with Crippen molar-refractivity contribution >= 4 is 50.1 Å². The summed E-state index contributed by atoms with van der Waals surface area (Å²) in [7, 11) is 0. The van der Waals surface area contributed by atoms with Crippen molar-refractivity contribution in [2.75, 3.05) is 11.9 Å². The summed E-state index contributed by atoms with van der Waals surface area (Å²) in [5.41, 5.74) is 0.935. The summed E-state index contributed by atoms with van der Waals surface area (Å²) in [6.07, 6.45) is 0.943. The molecule has 0 radical (unpaired) electrons. The highest BCUT2D eigenvalue weighted by molar-refractivity contribution is 14.1. The molecule has 5 heteroatoms. The molecule has 0 aromatic heterocycles. The lowest BCUT2D eigenvalue weighted by Crippen LogP contribution is -2.36. The zero-order valence-corrected chi connectivity index (χ0v) is 13.6. The summed E-state index contributed by atoms with van der Waals surface area (Å²) in [5.74, 6) is 0.0183. The zero-order chi connectivity index (χ0) is 12.8. The number of rotatable bonds is 5. The Labute approximate surface area is 124 Å². The van der Waals surface area contributed by atoms with E-state index < -0.39 is 0 Å². The Morgan fingerprint density at radius 1 is 1.53 bits per heavy atom. The van der Waals surface area contributed by atoms with Crippen LogP contribution in [0.15, 0.2) is 22.7 Å². The second kappa shape index (κ2) is 7.20. The monoisotopic (exact) mass is 410 g/mol. The van der Waals surface area contributed by atoms with Gasteiger partial charge in [-0.1, -0.05) is 6.92 Å². The number of nitrogens with one attached hydrogen (secondary N) is 2. The van der Waals surface area contributed by atoms with E-state index in [0.29, 0.717) is 6.54 Å². The van der Waals surface area contributed by atoms with Gasteiger partial charge in [-0.15, -0.1) is 0 Å². The summed E-state index contributed by atoms with van der Waals surface area (Å²) in [6.45, 7) is 4.34. The molecule has 1 aromatic carbocycles. The normalized spacial score (nSPS) is 12.0. The maximum Gasteiger partial charge on any atom is 0.239 e. The van der Waals surface area contributed by atoms with E-state index in [1.54, 1.807) is 0 Å². The van der Waals surface area contributed by atoms with Crippen molar-refractivity contribution < 1.29 is 4.79 Å². The first-order valence-corrected chi connectivity index (χ1v) is 7.38. The molecule has 17 heavy (non-hydrogen) atoms. The molecule has 0 spiro atoms. The summed E-state index contributed by atoms with van der Waals surface area (Å²) < 4.78 is 2.13. The molecule has 1 rings (SSSR count). The van der Waals surface area contributed by atoms with Crippen LogP contribution in [0.4, 0.5) is 5.69 Å². The average Bonchev–Trinajstić information content (AvgIpc) is 2.27. The number of anilines is 1. The molecule has 0 saturated heterocycles. The lowest BCUT2D eigenvalue weighted by Gasteiger charge is -2.13. The van der Waals surface area contributed by atoms with Crippen LogP contribution in [0.5, 0.6) is 0 Å². The fraction of sp³-hybridized carbons (Fsp3) is 0.417. The van der Waals surface area contributed by atoms with Crippen molar-refractivity contribution in [1.82, 2.24) is 5.32 Å². The van der Waals surface area contributed by atoms with E-state index in [9.17, 15) is 4.79 Å². The first-order valence-electron chi connectivity index (χ1n) is 5.51. The molecule has 2 N–H and O–H groups in total. The van der Waals surface area contributed by atoms with E-state index in [0.717, 1.165) is 20.2 Å². The Kier molecular flexibility index (Phi) is 6.26. The number of amides is 1. The Balaban J connectivity index is 2.47. The van der Waals surface area contributed by atoms with Gasteiger partial charge in [-0.2, -0.15) is 0 Å². The van der Waals surface area contributed by atoms with E-state index >= 15 is 0 Å². The minimum atomic E-state index is 0.0183. The van der Waals surface area contributed by atoms with Gasteiger partial charge < -0.3 is 10.6 Å². The molecule has 0 saturated carbocycles. The molecule has 0 aliphatic carbocycles. The average molecular weight is 411 g/mol. The molecule has 1 amide bonds. The maximum atomic E-state index is 11.6. The standard InChI is InChI=1S/C12H16BrIN2O/c1-3-8(2)16-12(17)7-15-11-5-4-9(14)6-10(11)13/h4-6,8,15H,3,7H2,1-2H3,(H,16,17). The van der Waals surface area contributed by atoms with Crippen molar-refractivity contribution in [3.8, 4) is 0 Å². The number of carbonyl (C=O) groups excluding carboxylic acids is 1. The van der Waals surface area contributed by atoms with Gasteiger partial charge in [0.05, 0.1) is 6.54 Å². The predicted octanol–water partition coefficient (Wildman–Crippen LogP) is 3.38. The molecular weight excluding hydrogens is 395 g/mol. The van der Waals surface area contributed by atoms with Gasteiger partial charge >= 0.3 is 0 Å². The van der Waals surface area contributed by atoms with Gasteiger partial charge in [-0.05, 0) is 70.1 Å². The first kappa shape index (κ1) is 14.8. The van der Waals surface area contributed by atoms with E-state index in [-0.39, 0.29) is 11.9 Å². The second-order valence-electron chi connectivity index (χ2n) is 3.85. The minimum absolute atomic E-state index is 0.0183. The van der Waals surface area contributed by atoms with Crippen LogP contribution in [0.1, 0.15) is 20.3 Å². The van der Waals surface area contributed by atoms with Gasteiger partial charge in [0.1, 0.15) is 0 Å². The Bertz CT molecular complexity index is 398. The molecular formula is C12H16BrIN2O. The van der Waals surface area contributed by atoms with Crippen molar-refractivity contribution in [2.45, 2.75) is 26.3 Å². The molecule has 0 aliphatic heterocycles. The topological polar surface area (TPSA) is 41.1 Å². The summed E-state index contributed by atoms with van der Waals surface area (Å²) >= 11 is 5.71. The molecule has 0 heterocycles. The van der Waals surface area contributed by atoms with Crippen LogP contribution in [-0.4, -0.2) is 18.5 Å². The zero-order valence-electron chi connectivity index (χ0n) is 9.89. The minimum Gasteiger partial charge on any atom is -0.375 e. The molecule has 94 valence electrons. The fourth-order valence-corrected chi connectivity index (χ4v) is 2.67. The summed E-state index contributed by atoms with van der Waals surface area (Å²) in [5, 5.41) is 6.02. The third-order valence-corrected chi connectivity index (χ3v) is 3.72. The molecule has 0 aliphatic rings. The number of halogens is 2. The lowest BCUT2D eigenvalue weighted by molar-refractivity contribution is -0.120. The van der Waals surface area contributed by atoms with Crippen molar-refractivity contribution in [2.24, 2.45) is 0 Å². The van der Waals surface area contributed by atoms with Gasteiger partial charge in [-0.25, -0.2) is 0 Å². The van der Waals surface area contributed by atoms with E-state index in [2.05, 4.69) is 49.2 Å². The van der Waals surface area contributed by atoms with Crippen molar-refractivity contribution in [1.29, 1.82) is 0 Å². The van der Waals surface area contributed by atoms with Gasteiger partial charge in [0.25, 0.3) is 0 Å². The highest BCUT2D eigenvalue weighted by Gasteiger charge is 2.06. The van der Waals surface area contributed by atoms with Crippen molar-refractivity contribution in [3.63, 3.8) is 0 Å². The van der Waals surface area contributed by atoms with Gasteiger partial charge in [0.2, 0.25) is 5.91 Å². The Morgan fingerprint density at radius 2 is 2.24 bits per heavy atom. The van der Waals surface area contributed by atoms with Gasteiger partial charge in [0, 0.05) is 19.8 Å². The maximum absolute atomic E-state index is 11.6. The van der Waals surface area contributed by atoms with Gasteiger partial charge in [0.15, 0.2) is 0 Å². The highest BCUT2D eigenvalue weighted by atomic mass is 127. The van der Waals surface area contributed by atoms with Crippen molar-refractivity contribution in [3.05, 3.63) is 26.2 Å². The molecule has 1 unspecified atom stereocenters. The summed E-state index contributed by atoms with van der Waals surface area (Å²) in [6, 6.07) is 6.20. The lowest BCUT2D eigenvalue weighted by atomic mass is 10.2. The Morgan fingerprint density at radius 3 is 2.82 bits per heavy atom. The quantitative estimate of drug-likeness (QED) is 0.730. The van der Waals surface area contributed by atoms with E-state index in [1.165, 1.54) is 0 Å². The molecule has 0 bridgehead atoms. The number of carbonyl (C=O) groups is 1. The van der Waals surface area contributed by atoms with Gasteiger partial charge in [-0.3, -0.25) is 4.79 Å². The Hall–Kier alpha value is -0.300. The number of benzene rings is 1. The largest absolute Gasteiger partial charge is 0.375 e. The molecule has 1 aromatic rings. The first-order chi connectivity index (χ1) is 8.02. The smallest absolute Gasteiger partial charge is 0.239 e. The SMILES string of the molecule is CCC(C)NC(=O)CNc1ccc(I)cc1Br. The van der Waals surface area contributed by atoms with Crippen LogP contribution in [-0.2, 0) is 4.79 Å².